The van der Waals surface area contributed by atoms with Crippen LogP contribution in [0.15, 0.2) is 0 Å². The highest BCUT2D eigenvalue weighted by molar-refractivity contribution is 7.47. The number of unbranched alkanes of at least 4 members (excludes halogenated alkanes) is 54. The van der Waals surface area contributed by atoms with Crippen LogP contribution >= 0.6 is 15.6 Å². The molecule has 0 saturated heterocycles. The molecule has 0 bridgehead atoms. The van der Waals surface area contributed by atoms with Gasteiger partial charge in [-0.25, -0.2) is 9.13 Å². The number of ether oxygens (including phenoxy) is 4. The van der Waals surface area contributed by atoms with Crippen molar-refractivity contribution in [2.24, 2.45) is 0 Å². The highest BCUT2D eigenvalue weighted by Crippen LogP contribution is 2.45. The van der Waals surface area contributed by atoms with E-state index in [0.717, 1.165) is 96.3 Å². The number of carbonyl (C=O) groups excluding carboxylic acids is 4. The number of hydrogen-bond donors (Lipinski definition) is 3. The van der Waals surface area contributed by atoms with Gasteiger partial charge in [0.15, 0.2) is 12.2 Å². The summed E-state index contributed by atoms with van der Waals surface area (Å²) in [6.07, 6.45) is 65.4. The lowest BCUT2D eigenvalue weighted by atomic mass is 10.0. The summed E-state index contributed by atoms with van der Waals surface area (Å²) in [6, 6.07) is 0. The van der Waals surface area contributed by atoms with E-state index in [-0.39, 0.29) is 25.7 Å². The van der Waals surface area contributed by atoms with E-state index in [0.29, 0.717) is 25.7 Å². The molecule has 0 aliphatic heterocycles. The van der Waals surface area contributed by atoms with Crippen LogP contribution in [0.4, 0.5) is 0 Å². The summed E-state index contributed by atoms with van der Waals surface area (Å²) in [6.45, 7) is 4.97. The van der Waals surface area contributed by atoms with E-state index in [4.69, 9.17) is 37.0 Å². The van der Waals surface area contributed by atoms with Crippen LogP contribution in [0.1, 0.15) is 426 Å². The van der Waals surface area contributed by atoms with Crippen molar-refractivity contribution in [1.29, 1.82) is 0 Å². The van der Waals surface area contributed by atoms with Crippen molar-refractivity contribution >= 4 is 39.5 Å². The van der Waals surface area contributed by atoms with Gasteiger partial charge in [-0.2, -0.15) is 0 Å². The number of esters is 4. The quantitative estimate of drug-likeness (QED) is 0.0222. The summed E-state index contributed by atoms with van der Waals surface area (Å²) in [5.74, 6) is -2.11. The molecular formula is C79H154O17P2. The maximum Gasteiger partial charge on any atom is 0.472 e. The second kappa shape index (κ2) is 73.4. The predicted octanol–water partition coefficient (Wildman–Crippen LogP) is 23.8. The second-order valence-corrected chi connectivity index (χ2v) is 31.4. The van der Waals surface area contributed by atoms with Gasteiger partial charge < -0.3 is 33.8 Å². The molecule has 0 radical (unpaired) electrons. The van der Waals surface area contributed by atoms with Crippen LogP contribution in [-0.2, 0) is 65.4 Å². The van der Waals surface area contributed by atoms with Gasteiger partial charge in [0, 0.05) is 25.7 Å². The van der Waals surface area contributed by atoms with Crippen molar-refractivity contribution in [2.45, 2.75) is 444 Å². The molecule has 5 atom stereocenters. The Kier molecular flexibility index (Phi) is 71.9. The maximum atomic E-state index is 13.1. The first kappa shape index (κ1) is 96.1. The molecule has 17 nitrogen and oxygen atoms in total. The lowest BCUT2D eigenvalue weighted by Crippen LogP contribution is -2.30. The fourth-order valence-corrected chi connectivity index (χ4v) is 13.9. The molecule has 2 unspecified atom stereocenters. The number of phosphoric acid groups is 2. The van der Waals surface area contributed by atoms with Gasteiger partial charge in [0.2, 0.25) is 0 Å². The van der Waals surface area contributed by atoms with E-state index in [1.54, 1.807) is 0 Å². The Bertz CT molecular complexity index is 1860. The first-order valence-electron chi connectivity index (χ1n) is 41.3. The van der Waals surface area contributed by atoms with Crippen LogP contribution in [0, 0.1) is 0 Å². The minimum absolute atomic E-state index is 0.107. The highest BCUT2D eigenvalue weighted by Gasteiger charge is 2.30. The van der Waals surface area contributed by atoms with Gasteiger partial charge in [-0.1, -0.05) is 374 Å². The molecule has 0 heterocycles. The van der Waals surface area contributed by atoms with Crippen LogP contribution in [-0.4, -0.2) is 96.7 Å². The van der Waals surface area contributed by atoms with Crippen molar-refractivity contribution in [3.8, 4) is 0 Å². The Morgan fingerprint density at radius 3 is 0.602 bits per heavy atom. The van der Waals surface area contributed by atoms with Gasteiger partial charge in [-0.05, 0) is 25.7 Å². The third-order valence-corrected chi connectivity index (χ3v) is 20.5. The van der Waals surface area contributed by atoms with Gasteiger partial charge >= 0.3 is 39.5 Å². The van der Waals surface area contributed by atoms with Crippen molar-refractivity contribution < 1.29 is 80.2 Å². The summed E-state index contributed by atoms with van der Waals surface area (Å²) in [4.78, 5) is 72.8. The van der Waals surface area contributed by atoms with E-state index in [1.165, 1.54) is 250 Å². The third-order valence-electron chi connectivity index (χ3n) is 18.6. The molecule has 0 amide bonds. The highest BCUT2D eigenvalue weighted by atomic mass is 31.2. The van der Waals surface area contributed by atoms with Crippen molar-refractivity contribution in [1.82, 2.24) is 0 Å². The molecule has 98 heavy (non-hydrogen) atoms. The van der Waals surface area contributed by atoms with E-state index >= 15 is 0 Å². The first-order chi connectivity index (χ1) is 47.7. The number of aliphatic hydroxyl groups excluding tert-OH is 1. The Balaban J connectivity index is 5.17. The molecule has 0 fully saturated rings. The molecule has 0 aromatic rings. The van der Waals surface area contributed by atoms with E-state index in [2.05, 4.69) is 27.7 Å². The molecule has 3 N–H and O–H groups in total. The minimum Gasteiger partial charge on any atom is -0.462 e. The zero-order valence-corrected chi connectivity index (χ0v) is 65.6. The van der Waals surface area contributed by atoms with Gasteiger partial charge in [-0.15, -0.1) is 0 Å². The largest absolute Gasteiger partial charge is 0.472 e. The van der Waals surface area contributed by atoms with E-state index < -0.39 is 97.5 Å². The fraction of sp³-hybridized carbons (Fsp3) is 0.949. The van der Waals surface area contributed by atoms with Crippen LogP contribution in [0.25, 0.3) is 0 Å². The van der Waals surface area contributed by atoms with Crippen LogP contribution in [0.2, 0.25) is 0 Å². The van der Waals surface area contributed by atoms with Crippen molar-refractivity contribution in [3.63, 3.8) is 0 Å². The maximum absolute atomic E-state index is 13.1. The second-order valence-electron chi connectivity index (χ2n) is 28.5. The summed E-state index contributed by atoms with van der Waals surface area (Å²) >= 11 is 0. The van der Waals surface area contributed by atoms with Gasteiger partial charge in [-0.3, -0.25) is 37.3 Å². The SMILES string of the molecule is CCCCCCCCCCCCCCCCCCCCCCCC(=O)O[C@H](COC(=O)CCCCCCCCCCCCCCCCCCCC)COP(=O)(O)OC[C@@H](O)COP(=O)(O)OC[C@@H](COC(=O)CCCCCCCCCC)OC(=O)CCCCCCCCCCCCC. The predicted molar refractivity (Wildman–Crippen MR) is 400 cm³/mol. The summed E-state index contributed by atoms with van der Waals surface area (Å²) < 4.78 is 68.5. The summed E-state index contributed by atoms with van der Waals surface area (Å²) in [5, 5.41) is 10.6. The molecule has 0 aliphatic carbocycles. The summed E-state index contributed by atoms with van der Waals surface area (Å²) in [5.41, 5.74) is 0. The van der Waals surface area contributed by atoms with Gasteiger partial charge in [0.05, 0.1) is 26.4 Å². The molecule has 582 valence electrons. The number of rotatable bonds is 80. The molecule has 0 rings (SSSR count). The Morgan fingerprint density at radius 1 is 0.245 bits per heavy atom. The summed E-state index contributed by atoms with van der Waals surface area (Å²) in [7, 11) is -9.91. The lowest BCUT2D eigenvalue weighted by molar-refractivity contribution is -0.161. The fourth-order valence-electron chi connectivity index (χ4n) is 12.3. The Morgan fingerprint density at radius 2 is 0.408 bits per heavy atom. The molecule has 19 heteroatoms. The first-order valence-corrected chi connectivity index (χ1v) is 44.3. The standard InChI is InChI=1S/C79H154O17P2/c1-5-9-13-17-21-25-28-30-32-34-36-37-38-40-42-44-47-50-54-58-62-66-79(84)96-75(70-90-77(82)64-60-56-52-48-46-43-41-39-35-33-31-29-26-22-18-14-10-6-2)72-94-98(87,88)92-68-73(80)67-91-97(85,86)93-71-74(69-89-76(81)63-59-55-51-24-20-16-12-8-4)95-78(83)65-61-57-53-49-45-27-23-19-15-11-7-3/h73-75,80H,5-72H2,1-4H3,(H,85,86)(H,87,88)/t73-,74+,75+/m0/s1. The Hall–Kier alpha value is -1.94. The zero-order chi connectivity index (χ0) is 71.8. The zero-order valence-electron chi connectivity index (χ0n) is 63.8. The normalized spacial score (nSPS) is 13.8. The molecular weight excluding hydrogens is 1280 g/mol. The Labute approximate surface area is 600 Å². The van der Waals surface area contributed by atoms with Crippen LogP contribution in [0.3, 0.4) is 0 Å². The number of aliphatic hydroxyl groups is 1. The molecule has 0 aromatic heterocycles. The smallest absolute Gasteiger partial charge is 0.462 e. The van der Waals surface area contributed by atoms with Crippen molar-refractivity contribution in [3.05, 3.63) is 0 Å². The monoisotopic (exact) mass is 1440 g/mol. The average Bonchev–Trinajstić information content (AvgIpc) is 1.00. The average molecular weight is 1440 g/mol. The third kappa shape index (κ3) is 72.4. The van der Waals surface area contributed by atoms with Gasteiger partial charge in [0.1, 0.15) is 19.3 Å². The number of carbonyl (C=O) groups is 4. The molecule has 0 spiro atoms. The van der Waals surface area contributed by atoms with Crippen molar-refractivity contribution in [2.75, 3.05) is 39.6 Å². The molecule has 0 saturated carbocycles. The van der Waals surface area contributed by atoms with E-state index in [1.807, 2.05) is 0 Å². The lowest BCUT2D eigenvalue weighted by Gasteiger charge is -2.21. The topological polar surface area (TPSA) is 237 Å². The number of hydrogen-bond acceptors (Lipinski definition) is 15. The molecule has 0 aliphatic rings. The number of phosphoric ester groups is 2. The van der Waals surface area contributed by atoms with E-state index in [9.17, 15) is 43.2 Å². The van der Waals surface area contributed by atoms with Gasteiger partial charge in [0.25, 0.3) is 0 Å². The van der Waals surface area contributed by atoms with Crippen LogP contribution in [0.5, 0.6) is 0 Å². The minimum atomic E-state index is -4.96. The molecule has 0 aromatic carbocycles. The van der Waals surface area contributed by atoms with Crippen LogP contribution < -0.4 is 0 Å².